The SMILES string of the molecule is COC(=O)CCCCC(=O)n1c2ccccc2c2c1cnn2C. The minimum absolute atomic E-state index is 0.0223. The average Bonchev–Trinajstić information content (AvgIpc) is 3.09. The van der Waals surface area contributed by atoms with Crippen LogP contribution in [0.3, 0.4) is 0 Å². The lowest BCUT2D eigenvalue weighted by molar-refractivity contribution is -0.140. The number of hydrogen-bond acceptors (Lipinski definition) is 4. The zero-order chi connectivity index (χ0) is 16.4. The van der Waals surface area contributed by atoms with Crippen LogP contribution in [0.15, 0.2) is 30.5 Å². The van der Waals surface area contributed by atoms with E-state index in [0.717, 1.165) is 21.9 Å². The molecule has 23 heavy (non-hydrogen) atoms. The average molecular weight is 313 g/mol. The van der Waals surface area contributed by atoms with Crippen LogP contribution in [0.4, 0.5) is 0 Å². The molecule has 0 spiro atoms. The maximum Gasteiger partial charge on any atom is 0.305 e. The van der Waals surface area contributed by atoms with Gasteiger partial charge in [-0.1, -0.05) is 18.2 Å². The van der Waals surface area contributed by atoms with E-state index in [1.165, 1.54) is 7.11 Å². The lowest BCUT2D eigenvalue weighted by Crippen LogP contribution is -2.10. The van der Waals surface area contributed by atoms with Crippen molar-refractivity contribution in [2.45, 2.75) is 25.7 Å². The fraction of sp³-hybridized carbons (Fsp3) is 0.353. The predicted octanol–water partition coefficient (Wildman–Crippen LogP) is 2.90. The van der Waals surface area contributed by atoms with Crippen LogP contribution < -0.4 is 0 Å². The molecule has 1 aromatic carbocycles. The second kappa shape index (κ2) is 6.24. The maximum absolute atomic E-state index is 12.7. The van der Waals surface area contributed by atoms with Crippen LogP contribution >= 0.6 is 0 Å². The molecule has 0 N–H and O–H groups in total. The number of nitrogens with zero attached hydrogens (tertiary/aromatic N) is 3. The molecule has 0 atom stereocenters. The molecule has 3 rings (SSSR count). The molecule has 0 bridgehead atoms. The third kappa shape index (κ3) is 2.72. The van der Waals surface area contributed by atoms with E-state index < -0.39 is 0 Å². The van der Waals surface area contributed by atoms with Crippen molar-refractivity contribution in [1.29, 1.82) is 0 Å². The second-order valence-corrected chi connectivity index (χ2v) is 5.53. The minimum Gasteiger partial charge on any atom is -0.469 e. The summed E-state index contributed by atoms with van der Waals surface area (Å²) in [5.74, 6) is -0.215. The Balaban J connectivity index is 1.86. The summed E-state index contributed by atoms with van der Waals surface area (Å²) < 4.78 is 8.13. The summed E-state index contributed by atoms with van der Waals surface area (Å²) in [6.07, 6.45) is 3.76. The number of benzene rings is 1. The number of unbranched alkanes of at least 4 members (excludes halogenated alkanes) is 1. The van der Waals surface area contributed by atoms with Crippen molar-refractivity contribution in [2.75, 3.05) is 7.11 Å². The molecule has 6 nitrogen and oxygen atoms in total. The van der Waals surface area contributed by atoms with Crippen molar-refractivity contribution in [2.24, 2.45) is 7.05 Å². The number of carbonyl (C=O) groups is 2. The van der Waals surface area contributed by atoms with Gasteiger partial charge in [0, 0.05) is 25.3 Å². The highest BCUT2D eigenvalue weighted by Gasteiger charge is 2.18. The highest BCUT2D eigenvalue weighted by atomic mass is 16.5. The number of fused-ring (bicyclic) bond motifs is 3. The third-order valence-corrected chi connectivity index (χ3v) is 4.06. The summed E-state index contributed by atoms with van der Waals surface area (Å²) >= 11 is 0. The van der Waals surface area contributed by atoms with Gasteiger partial charge in [-0.15, -0.1) is 0 Å². The molecule has 6 heteroatoms. The van der Waals surface area contributed by atoms with Crippen molar-refractivity contribution < 1.29 is 14.3 Å². The van der Waals surface area contributed by atoms with Crippen molar-refractivity contribution in [3.05, 3.63) is 30.5 Å². The van der Waals surface area contributed by atoms with E-state index >= 15 is 0 Å². The molecule has 0 saturated carbocycles. The largest absolute Gasteiger partial charge is 0.469 e. The van der Waals surface area contributed by atoms with E-state index in [1.807, 2.05) is 31.3 Å². The minimum atomic E-state index is -0.237. The van der Waals surface area contributed by atoms with Crippen LogP contribution in [0, 0.1) is 0 Å². The smallest absolute Gasteiger partial charge is 0.305 e. The Bertz CT molecular complexity index is 876. The summed E-state index contributed by atoms with van der Waals surface area (Å²) in [7, 11) is 3.25. The molecule has 2 aromatic heterocycles. The summed E-state index contributed by atoms with van der Waals surface area (Å²) in [6, 6.07) is 7.83. The third-order valence-electron chi connectivity index (χ3n) is 4.06. The number of para-hydroxylation sites is 1. The highest BCUT2D eigenvalue weighted by molar-refractivity contribution is 6.11. The molecular weight excluding hydrogens is 294 g/mol. The van der Waals surface area contributed by atoms with Gasteiger partial charge in [-0.3, -0.25) is 18.8 Å². The molecular formula is C17H19N3O3. The van der Waals surface area contributed by atoms with Gasteiger partial charge in [0.25, 0.3) is 0 Å². The Kier molecular flexibility index (Phi) is 4.14. The van der Waals surface area contributed by atoms with Crippen molar-refractivity contribution in [1.82, 2.24) is 14.3 Å². The van der Waals surface area contributed by atoms with Gasteiger partial charge in [-0.2, -0.15) is 5.10 Å². The second-order valence-electron chi connectivity index (χ2n) is 5.53. The van der Waals surface area contributed by atoms with Gasteiger partial charge < -0.3 is 4.74 Å². The van der Waals surface area contributed by atoms with Gasteiger partial charge in [0.15, 0.2) is 0 Å². The molecule has 0 aliphatic heterocycles. The van der Waals surface area contributed by atoms with E-state index in [2.05, 4.69) is 9.84 Å². The molecule has 0 amide bonds. The number of carbonyl (C=O) groups excluding carboxylic acids is 2. The zero-order valence-electron chi connectivity index (χ0n) is 13.3. The van der Waals surface area contributed by atoms with Crippen LogP contribution in [0.2, 0.25) is 0 Å². The van der Waals surface area contributed by atoms with E-state index in [9.17, 15) is 9.59 Å². The number of hydrogen-bond donors (Lipinski definition) is 0. The Labute approximate surface area is 133 Å². The summed E-state index contributed by atoms with van der Waals surface area (Å²) in [5.41, 5.74) is 2.68. The Morgan fingerprint density at radius 3 is 2.65 bits per heavy atom. The molecule has 0 saturated heterocycles. The first-order valence-corrected chi connectivity index (χ1v) is 7.64. The fourth-order valence-corrected chi connectivity index (χ4v) is 2.93. The van der Waals surface area contributed by atoms with E-state index in [4.69, 9.17) is 0 Å². The molecule has 120 valence electrons. The molecule has 2 heterocycles. The molecule has 0 aliphatic rings. The fourth-order valence-electron chi connectivity index (χ4n) is 2.93. The Hall–Kier alpha value is -2.63. The Morgan fingerprint density at radius 2 is 1.87 bits per heavy atom. The number of rotatable bonds is 5. The monoisotopic (exact) mass is 313 g/mol. The summed E-state index contributed by atoms with van der Waals surface area (Å²) in [6.45, 7) is 0. The van der Waals surface area contributed by atoms with E-state index in [1.54, 1.807) is 15.4 Å². The lowest BCUT2D eigenvalue weighted by Gasteiger charge is -2.05. The van der Waals surface area contributed by atoms with Gasteiger partial charge in [0.2, 0.25) is 5.91 Å². The van der Waals surface area contributed by atoms with Crippen molar-refractivity contribution in [3.63, 3.8) is 0 Å². The molecule has 0 unspecified atom stereocenters. The number of aryl methyl sites for hydroxylation is 1. The van der Waals surface area contributed by atoms with Crippen LogP contribution in [-0.4, -0.2) is 33.3 Å². The zero-order valence-corrected chi connectivity index (χ0v) is 13.3. The standard InChI is InChI=1S/C17H19N3O3/c1-19-17-12-7-3-4-8-13(12)20(14(17)11-18-19)15(21)9-5-6-10-16(22)23-2/h3-4,7-8,11H,5-6,9-10H2,1-2H3. The Morgan fingerprint density at radius 1 is 1.13 bits per heavy atom. The highest BCUT2D eigenvalue weighted by Crippen LogP contribution is 2.28. The molecule has 3 aromatic rings. The topological polar surface area (TPSA) is 66.1 Å². The van der Waals surface area contributed by atoms with Crippen molar-refractivity contribution in [3.8, 4) is 0 Å². The first kappa shape index (κ1) is 15.3. The van der Waals surface area contributed by atoms with Gasteiger partial charge in [-0.25, -0.2) is 0 Å². The number of methoxy groups -OCH3 is 1. The molecule has 0 aliphatic carbocycles. The number of ether oxygens (including phenoxy) is 1. The quantitative estimate of drug-likeness (QED) is 0.536. The van der Waals surface area contributed by atoms with E-state index in [-0.39, 0.29) is 11.9 Å². The first-order chi connectivity index (χ1) is 11.1. The summed E-state index contributed by atoms with van der Waals surface area (Å²) in [5, 5.41) is 5.28. The van der Waals surface area contributed by atoms with Crippen molar-refractivity contribution >= 4 is 33.8 Å². The van der Waals surface area contributed by atoms with Crippen LogP contribution in [0.1, 0.15) is 30.5 Å². The number of esters is 1. The predicted molar refractivity (Wildman–Crippen MR) is 87.3 cm³/mol. The first-order valence-electron chi connectivity index (χ1n) is 7.64. The molecule has 0 radical (unpaired) electrons. The summed E-state index contributed by atoms with van der Waals surface area (Å²) in [4.78, 5) is 23.8. The van der Waals surface area contributed by atoms with Gasteiger partial charge >= 0.3 is 5.97 Å². The van der Waals surface area contributed by atoms with Gasteiger partial charge in [-0.05, 0) is 18.9 Å². The van der Waals surface area contributed by atoms with Gasteiger partial charge in [0.05, 0.1) is 29.9 Å². The normalized spacial score (nSPS) is 11.2. The van der Waals surface area contributed by atoms with Gasteiger partial charge in [0.1, 0.15) is 0 Å². The van der Waals surface area contributed by atoms with Crippen LogP contribution in [0.5, 0.6) is 0 Å². The van der Waals surface area contributed by atoms with E-state index in [0.29, 0.717) is 25.7 Å². The lowest BCUT2D eigenvalue weighted by atomic mass is 10.2. The van der Waals surface area contributed by atoms with Crippen LogP contribution in [0.25, 0.3) is 21.9 Å². The van der Waals surface area contributed by atoms with Crippen LogP contribution in [-0.2, 0) is 16.6 Å². The number of aromatic nitrogens is 3. The maximum atomic E-state index is 12.7. The molecule has 0 fully saturated rings.